The molecule has 2 aromatic rings. The van der Waals surface area contributed by atoms with Crippen molar-refractivity contribution in [1.82, 2.24) is 4.98 Å². The third kappa shape index (κ3) is 4.60. The summed E-state index contributed by atoms with van der Waals surface area (Å²) in [4.78, 5) is 39.9. The summed E-state index contributed by atoms with van der Waals surface area (Å²) in [5.74, 6) is -1.65. The van der Waals surface area contributed by atoms with Crippen molar-refractivity contribution < 1.29 is 23.9 Å². The Morgan fingerprint density at radius 1 is 1.11 bits per heavy atom. The van der Waals surface area contributed by atoms with Crippen LogP contribution in [0, 0.1) is 27.7 Å². The zero-order valence-corrected chi connectivity index (χ0v) is 17.1. The molecule has 0 bridgehead atoms. The monoisotopic (exact) mass is 386 g/mol. The summed E-state index contributed by atoms with van der Waals surface area (Å²) in [6.07, 6.45) is -1.01. The van der Waals surface area contributed by atoms with Gasteiger partial charge >= 0.3 is 11.9 Å². The number of esters is 2. The minimum absolute atomic E-state index is 0.207. The van der Waals surface area contributed by atoms with Crippen LogP contribution in [-0.2, 0) is 14.3 Å². The summed E-state index contributed by atoms with van der Waals surface area (Å²) in [7, 11) is 0. The molecule has 1 heterocycles. The molecule has 0 fully saturated rings. The number of amides is 1. The second-order valence-corrected chi connectivity index (χ2v) is 6.70. The number of hydrogen-bond donors (Lipinski definition) is 2. The van der Waals surface area contributed by atoms with Crippen molar-refractivity contribution in [2.45, 2.75) is 47.6 Å². The van der Waals surface area contributed by atoms with E-state index in [0.717, 1.165) is 11.1 Å². The fraction of sp³-hybridized carbons (Fsp3) is 0.381. The second-order valence-electron chi connectivity index (χ2n) is 6.70. The van der Waals surface area contributed by atoms with Gasteiger partial charge in [0.05, 0.1) is 12.2 Å². The van der Waals surface area contributed by atoms with Gasteiger partial charge in [-0.2, -0.15) is 0 Å². The number of benzene rings is 1. The van der Waals surface area contributed by atoms with E-state index in [1.807, 2.05) is 32.0 Å². The fourth-order valence-electron chi connectivity index (χ4n) is 2.84. The Hall–Kier alpha value is -3.09. The zero-order chi connectivity index (χ0) is 21.0. The zero-order valence-electron chi connectivity index (χ0n) is 17.1. The Morgan fingerprint density at radius 3 is 2.43 bits per heavy atom. The molecule has 2 N–H and O–H groups in total. The Labute approximate surface area is 164 Å². The maximum Gasteiger partial charge on any atom is 0.355 e. The van der Waals surface area contributed by atoms with E-state index in [-0.39, 0.29) is 17.9 Å². The highest BCUT2D eigenvalue weighted by Crippen LogP contribution is 2.21. The van der Waals surface area contributed by atoms with Crippen LogP contribution in [0.15, 0.2) is 18.2 Å². The van der Waals surface area contributed by atoms with E-state index >= 15 is 0 Å². The number of ether oxygens (including phenoxy) is 2. The van der Waals surface area contributed by atoms with Crippen molar-refractivity contribution in [2.24, 2.45) is 0 Å². The van der Waals surface area contributed by atoms with Crippen LogP contribution in [0.5, 0.6) is 0 Å². The van der Waals surface area contributed by atoms with Gasteiger partial charge in [0.1, 0.15) is 5.69 Å². The van der Waals surface area contributed by atoms with E-state index in [2.05, 4.69) is 10.3 Å². The number of rotatable bonds is 6. The summed E-state index contributed by atoms with van der Waals surface area (Å²) >= 11 is 0. The lowest BCUT2D eigenvalue weighted by molar-refractivity contribution is -0.123. The molecule has 1 atom stereocenters. The molecule has 0 radical (unpaired) electrons. The van der Waals surface area contributed by atoms with Crippen LogP contribution in [0.4, 0.5) is 5.69 Å². The van der Waals surface area contributed by atoms with E-state index < -0.39 is 23.9 Å². The number of aryl methyl sites for hydroxylation is 3. The molecule has 2 rings (SSSR count). The first kappa shape index (κ1) is 21.2. The van der Waals surface area contributed by atoms with Crippen LogP contribution in [0.25, 0.3) is 0 Å². The van der Waals surface area contributed by atoms with E-state index in [1.54, 1.807) is 20.8 Å². The van der Waals surface area contributed by atoms with Crippen molar-refractivity contribution in [1.29, 1.82) is 0 Å². The predicted molar refractivity (Wildman–Crippen MR) is 106 cm³/mol. The number of carbonyl (C=O) groups excluding carboxylic acids is 3. The van der Waals surface area contributed by atoms with Gasteiger partial charge in [0.2, 0.25) is 0 Å². The molecule has 7 nitrogen and oxygen atoms in total. The predicted octanol–water partition coefficient (Wildman–Crippen LogP) is 3.61. The Balaban J connectivity index is 2.13. The fourth-order valence-corrected chi connectivity index (χ4v) is 2.84. The third-order valence-electron chi connectivity index (χ3n) is 4.43. The number of aromatic nitrogens is 1. The van der Waals surface area contributed by atoms with E-state index in [4.69, 9.17) is 9.47 Å². The van der Waals surface area contributed by atoms with Crippen molar-refractivity contribution >= 4 is 23.5 Å². The summed E-state index contributed by atoms with van der Waals surface area (Å²) in [6, 6.07) is 5.71. The molecule has 1 amide bonds. The lowest BCUT2D eigenvalue weighted by atomic mass is 10.1. The van der Waals surface area contributed by atoms with Gasteiger partial charge in [-0.25, -0.2) is 9.59 Å². The summed E-state index contributed by atoms with van der Waals surface area (Å²) < 4.78 is 10.3. The lowest BCUT2D eigenvalue weighted by Crippen LogP contribution is -2.30. The summed E-state index contributed by atoms with van der Waals surface area (Å²) in [6.45, 7) is 10.5. The first-order valence-corrected chi connectivity index (χ1v) is 9.11. The third-order valence-corrected chi connectivity index (χ3v) is 4.43. The molecule has 0 aliphatic rings. The summed E-state index contributed by atoms with van der Waals surface area (Å²) in [5, 5.41) is 2.78. The van der Waals surface area contributed by atoms with Crippen LogP contribution in [0.2, 0.25) is 0 Å². The van der Waals surface area contributed by atoms with Gasteiger partial charge in [-0.1, -0.05) is 12.1 Å². The number of aromatic amines is 1. The Bertz CT molecular complexity index is 914. The average Bonchev–Trinajstić information content (AvgIpc) is 2.92. The number of carbonyl (C=O) groups is 3. The van der Waals surface area contributed by atoms with Crippen molar-refractivity contribution in [3.63, 3.8) is 0 Å². The normalized spacial score (nSPS) is 11.6. The molecule has 1 aromatic carbocycles. The first-order chi connectivity index (χ1) is 13.1. The topological polar surface area (TPSA) is 97.5 Å². The van der Waals surface area contributed by atoms with E-state index in [0.29, 0.717) is 16.9 Å². The molecule has 0 aliphatic heterocycles. The van der Waals surface area contributed by atoms with E-state index in [9.17, 15) is 14.4 Å². The maximum absolute atomic E-state index is 12.6. The minimum Gasteiger partial charge on any atom is -0.461 e. The van der Waals surface area contributed by atoms with Crippen LogP contribution in [0.1, 0.15) is 57.1 Å². The van der Waals surface area contributed by atoms with Gasteiger partial charge in [-0.05, 0) is 64.3 Å². The maximum atomic E-state index is 12.6. The highest BCUT2D eigenvalue weighted by molar-refractivity contribution is 6.01. The van der Waals surface area contributed by atoms with Crippen LogP contribution >= 0.6 is 0 Å². The molecule has 0 unspecified atom stereocenters. The molecular weight excluding hydrogens is 360 g/mol. The number of H-pyrrole nitrogens is 1. The van der Waals surface area contributed by atoms with Crippen LogP contribution in [-0.4, -0.2) is 35.5 Å². The Morgan fingerprint density at radius 2 is 1.79 bits per heavy atom. The Kier molecular flexibility index (Phi) is 6.62. The summed E-state index contributed by atoms with van der Waals surface area (Å²) in [5.41, 5.74) is 3.94. The standard InChI is InChI=1S/C21H26N2O5/c1-7-27-21(26)18-13(4)17(14(5)22-18)20(25)28-15(6)19(24)23-16-10-11(2)8-9-12(16)3/h8-10,15,22H,7H2,1-6H3,(H,23,24)/t15-/m1/s1. The van der Waals surface area contributed by atoms with Crippen molar-refractivity contribution in [3.8, 4) is 0 Å². The minimum atomic E-state index is -1.01. The molecule has 0 spiro atoms. The smallest absolute Gasteiger partial charge is 0.355 e. The van der Waals surface area contributed by atoms with Gasteiger partial charge in [0.15, 0.2) is 6.10 Å². The van der Waals surface area contributed by atoms with Gasteiger partial charge in [-0.3, -0.25) is 4.79 Å². The average molecular weight is 386 g/mol. The molecular formula is C21H26N2O5. The lowest BCUT2D eigenvalue weighted by Gasteiger charge is -2.15. The quantitative estimate of drug-likeness (QED) is 0.739. The highest BCUT2D eigenvalue weighted by Gasteiger charge is 2.26. The second kappa shape index (κ2) is 8.73. The largest absolute Gasteiger partial charge is 0.461 e. The highest BCUT2D eigenvalue weighted by atomic mass is 16.5. The SMILES string of the molecule is CCOC(=O)c1[nH]c(C)c(C(=O)O[C@H](C)C(=O)Nc2cc(C)ccc2C)c1C. The first-order valence-electron chi connectivity index (χ1n) is 9.11. The molecule has 1 aromatic heterocycles. The van der Waals surface area contributed by atoms with Crippen molar-refractivity contribution in [2.75, 3.05) is 11.9 Å². The van der Waals surface area contributed by atoms with Gasteiger partial charge in [-0.15, -0.1) is 0 Å². The van der Waals surface area contributed by atoms with Crippen LogP contribution in [0.3, 0.4) is 0 Å². The van der Waals surface area contributed by atoms with Gasteiger partial charge < -0.3 is 19.8 Å². The van der Waals surface area contributed by atoms with Gasteiger partial charge in [0, 0.05) is 11.4 Å². The van der Waals surface area contributed by atoms with Gasteiger partial charge in [0.25, 0.3) is 5.91 Å². The molecule has 28 heavy (non-hydrogen) atoms. The number of anilines is 1. The molecule has 7 heteroatoms. The number of hydrogen-bond acceptors (Lipinski definition) is 5. The van der Waals surface area contributed by atoms with Crippen molar-refractivity contribution in [3.05, 3.63) is 51.8 Å². The van der Waals surface area contributed by atoms with Crippen LogP contribution < -0.4 is 5.32 Å². The molecule has 0 aliphatic carbocycles. The molecule has 0 saturated heterocycles. The number of nitrogens with one attached hydrogen (secondary N) is 2. The molecule has 150 valence electrons. The van der Waals surface area contributed by atoms with E-state index in [1.165, 1.54) is 6.92 Å². The molecule has 0 saturated carbocycles.